The van der Waals surface area contributed by atoms with Crippen LogP contribution in [0.3, 0.4) is 0 Å². The van der Waals surface area contributed by atoms with Gasteiger partial charge in [-0.05, 0) is 18.6 Å². The zero-order chi connectivity index (χ0) is 9.26. The molecular formula is C11H10N2. The summed E-state index contributed by atoms with van der Waals surface area (Å²) in [5.74, 6) is -0.0452. The van der Waals surface area contributed by atoms with Gasteiger partial charge in [0.1, 0.15) is 0 Å². The molecule has 0 saturated heterocycles. The summed E-state index contributed by atoms with van der Waals surface area (Å²) in [4.78, 5) is 3.15. The van der Waals surface area contributed by atoms with E-state index in [1.807, 2.05) is 37.4 Å². The van der Waals surface area contributed by atoms with E-state index in [4.69, 9.17) is 5.26 Å². The van der Waals surface area contributed by atoms with Crippen LogP contribution in [0, 0.1) is 11.3 Å². The monoisotopic (exact) mass is 170 g/mol. The van der Waals surface area contributed by atoms with Crippen molar-refractivity contribution in [2.75, 3.05) is 0 Å². The summed E-state index contributed by atoms with van der Waals surface area (Å²) in [6, 6.07) is 10.3. The largest absolute Gasteiger partial charge is 0.361 e. The highest BCUT2D eigenvalue weighted by Gasteiger charge is 2.08. The van der Waals surface area contributed by atoms with Gasteiger partial charge in [-0.2, -0.15) is 5.26 Å². The second-order valence-electron chi connectivity index (χ2n) is 3.14. The summed E-state index contributed by atoms with van der Waals surface area (Å²) in [6.07, 6.45) is 1.92. The number of rotatable bonds is 1. The Balaban J connectivity index is 2.66. The zero-order valence-electron chi connectivity index (χ0n) is 7.41. The first-order valence-electron chi connectivity index (χ1n) is 4.28. The van der Waals surface area contributed by atoms with Crippen molar-refractivity contribution in [3.05, 3.63) is 36.0 Å². The Hall–Kier alpha value is -1.75. The lowest BCUT2D eigenvalue weighted by Gasteiger charge is -1.98. The molecule has 0 fully saturated rings. The van der Waals surface area contributed by atoms with Gasteiger partial charge < -0.3 is 4.98 Å². The van der Waals surface area contributed by atoms with E-state index in [9.17, 15) is 0 Å². The van der Waals surface area contributed by atoms with E-state index in [-0.39, 0.29) is 5.92 Å². The number of aromatic nitrogens is 1. The van der Waals surface area contributed by atoms with Gasteiger partial charge in [-0.3, -0.25) is 0 Å². The quantitative estimate of drug-likeness (QED) is 0.702. The normalized spacial score (nSPS) is 12.6. The van der Waals surface area contributed by atoms with Crippen LogP contribution in [0.2, 0.25) is 0 Å². The van der Waals surface area contributed by atoms with Crippen LogP contribution >= 0.6 is 0 Å². The second kappa shape index (κ2) is 2.95. The van der Waals surface area contributed by atoms with Gasteiger partial charge >= 0.3 is 0 Å². The van der Waals surface area contributed by atoms with Gasteiger partial charge in [-0.1, -0.05) is 18.2 Å². The average molecular weight is 170 g/mol. The molecule has 2 aromatic rings. The smallest absolute Gasteiger partial charge is 0.0705 e. The maximum absolute atomic E-state index is 8.80. The van der Waals surface area contributed by atoms with E-state index in [1.54, 1.807) is 0 Å². The summed E-state index contributed by atoms with van der Waals surface area (Å²) < 4.78 is 0. The molecule has 1 aromatic heterocycles. The molecule has 0 saturated carbocycles. The molecule has 2 rings (SSSR count). The Morgan fingerprint density at radius 3 is 2.92 bits per heavy atom. The highest BCUT2D eigenvalue weighted by Crippen LogP contribution is 2.24. The SMILES string of the molecule is CC(C#N)c1c[nH]c2ccccc12. The molecule has 1 heterocycles. The fourth-order valence-electron chi connectivity index (χ4n) is 1.52. The number of hydrogen-bond acceptors (Lipinski definition) is 1. The first-order chi connectivity index (χ1) is 6.33. The van der Waals surface area contributed by atoms with Crippen LogP contribution in [0.5, 0.6) is 0 Å². The molecule has 0 aliphatic rings. The van der Waals surface area contributed by atoms with Crippen LogP contribution in [0.15, 0.2) is 30.5 Å². The molecule has 1 aromatic carbocycles. The van der Waals surface area contributed by atoms with E-state index in [0.29, 0.717) is 0 Å². The Morgan fingerprint density at radius 1 is 1.38 bits per heavy atom. The van der Waals surface area contributed by atoms with Gasteiger partial charge in [0, 0.05) is 17.1 Å². The molecule has 0 spiro atoms. The number of fused-ring (bicyclic) bond motifs is 1. The Bertz CT molecular complexity index is 462. The third kappa shape index (κ3) is 1.19. The summed E-state index contributed by atoms with van der Waals surface area (Å²) in [5.41, 5.74) is 2.18. The van der Waals surface area contributed by atoms with Crippen molar-refractivity contribution in [3.63, 3.8) is 0 Å². The van der Waals surface area contributed by atoms with Crippen molar-refractivity contribution in [2.24, 2.45) is 0 Å². The van der Waals surface area contributed by atoms with Crippen LogP contribution in [0.25, 0.3) is 10.9 Å². The first-order valence-corrected chi connectivity index (χ1v) is 4.28. The van der Waals surface area contributed by atoms with E-state index >= 15 is 0 Å². The minimum Gasteiger partial charge on any atom is -0.361 e. The minimum atomic E-state index is -0.0452. The molecule has 13 heavy (non-hydrogen) atoms. The van der Waals surface area contributed by atoms with Crippen LogP contribution in [0.4, 0.5) is 0 Å². The van der Waals surface area contributed by atoms with E-state index < -0.39 is 0 Å². The summed E-state index contributed by atoms with van der Waals surface area (Å²) in [7, 11) is 0. The van der Waals surface area contributed by atoms with Crippen LogP contribution in [-0.2, 0) is 0 Å². The number of H-pyrrole nitrogens is 1. The zero-order valence-corrected chi connectivity index (χ0v) is 7.41. The Labute approximate surface area is 76.8 Å². The number of nitriles is 1. The van der Waals surface area contributed by atoms with Crippen molar-refractivity contribution >= 4 is 10.9 Å². The van der Waals surface area contributed by atoms with Gasteiger partial charge in [0.15, 0.2) is 0 Å². The molecule has 64 valence electrons. The Kier molecular flexibility index (Phi) is 1.79. The first kappa shape index (κ1) is 7.88. The molecule has 0 aliphatic heterocycles. The van der Waals surface area contributed by atoms with Gasteiger partial charge in [0.05, 0.1) is 12.0 Å². The highest BCUT2D eigenvalue weighted by atomic mass is 14.7. The molecule has 0 aliphatic carbocycles. The predicted octanol–water partition coefficient (Wildman–Crippen LogP) is 2.79. The van der Waals surface area contributed by atoms with E-state index in [2.05, 4.69) is 11.1 Å². The molecule has 1 unspecified atom stereocenters. The van der Waals surface area contributed by atoms with Gasteiger partial charge in [-0.25, -0.2) is 0 Å². The van der Waals surface area contributed by atoms with Gasteiger partial charge in [-0.15, -0.1) is 0 Å². The van der Waals surface area contributed by atoms with E-state index in [0.717, 1.165) is 16.5 Å². The molecule has 0 radical (unpaired) electrons. The highest BCUT2D eigenvalue weighted by molar-refractivity contribution is 5.83. The maximum atomic E-state index is 8.80. The van der Waals surface area contributed by atoms with Gasteiger partial charge in [0.25, 0.3) is 0 Å². The number of nitrogens with zero attached hydrogens (tertiary/aromatic N) is 1. The average Bonchev–Trinajstić information content (AvgIpc) is 2.60. The minimum absolute atomic E-state index is 0.0452. The third-order valence-corrected chi connectivity index (χ3v) is 2.28. The number of nitrogens with one attached hydrogen (secondary N) is 1. The second-order valence-corrected chi connectivity index (χ2v) is 3.14. The fraction of sp³-hybridized carbons (Fsp3) is 0.182. The Morgan fingerprint density at radius 2 is 2.15 bits per heavy atom. The lowest BCUT2D eigenvalue weighted by Crippen LogP contribution is -1.85. The standard InChI is InChI=1S/C11H10N2/c1-8(6-12)10-7-13-11-5-3-2-4-9(10)11/h2-5,7-8,13H,1H3. The molecule has 1 N–H and O–H groups in total. The molecule has 1 atom stereocenters. The number of benzene rings is 1. The van der Waals surface area contributed by atoms with Crippen molar-refractivity contribution in [2.45, 2.75) is 12.8 Å². The number of hydrogen-bond donors (Lipinski definition) is 1. The molecule has 2 nitrogen and oxygen atoms in total. The molecule has 0 amide bonds. The van der Waals surface area contributed by atoms with E-state index in [1.165, 1.54) is 0 Å². The van der Waals surface area contributed by atoms with Crippen molar-refractivity contribution in [1.82, 2.24) is 4.98 Å². The predicted molar refractivity (Wildman–Crippen MR) is 52.3 cm³/mol. The van der Waals surface area contributed by atoms with Gasteiger partial charge in [0.2, 0.25) is 0 Å². The number of aromatic amines is 1. The number of para-hydroxylation sites is 1. The molecular weight excluding hydrogens is 160 g/mol. The molecule has 0 bridgehead atoms. The van der Waals surface area contributed by atoms with Crippen LogP contribution in [0.1, 0.15) is 18.4 Å². The van der Waals surface area contributed by atoms with Crippen molar-refractivity contribution in [1.29, 1.82) is 5.26 Å². The summed E-state index contributed by atoms with van der Waals surface area (Å²) >= 11 is 0. The summed E-state index contributed by atoms with van der Waals surface area (Å²) in [5, 5.41) is 9.95. The summed E-state index contributed by atoms with van der Waals surface area (Å²) in [6.45, 7) is 1.91. The topological polar surface area (TPSA) is 39.6 Å². The van der Waals surface area contributed by atoms with Crippen molar-refractivity contribution in [3.8, 4) is 6.07 Å². The lowest BCUT2D eigenvalue weighted by atomic mass is 10.0. The fourth-order valence-corrected chi connectivity index (χ4v) is 1.52. The maximum Gasteiger partial charge on any atom is 0.0705 e. The van der Waals surface area contributed by atoms with Crippen LogP contribution < -0.4 is 0 Å². The van der Waals surface area contributed by atoms with Crippen molar-refractivity contribution < 1.29 is 0 Å². The third-order valence-electron chi connectivity index (χ3n) is 2.28. The lowest BCUT2D eigenvalue weighted by molar-refractivity contribution is 0.993. The molecule has 2 heteroatoms. The van der Waals surface area contributed by atoms with Crippen LogP contribution in [-0.4, -0.2) is 4.98 Å².